The van der Waals surface area contributed by atoms with Crippen molar-refractivity contribution in [2.24, 2.45) is 0 Å². The summed E-state index contributed by atoms with van der Waals surface area (Å²) in [7, 11) is 0. The summed E-state index contributed by atoms with van der Waals surface area (Å²) in [5.74, 6) is 0.597. The maximum absolute atomic E-state index is 12.5. The zero-order valence-corrected chi connectivity index (χ0v) is 18.9. The average Bonchev–Trinajstić information content (AvgIpc) is 3.34. The van der Waals surface area contributed by atoms with Gasteiger partial charge in [-0.3, -0.25) is 0 Å². The molecule has 0 aliphatic carbocycles. The Morgan fingerprint density at radius 2 is 1.42 bits per heavy atom. The van der Waals surface area contributed by atoms with E-state index in [0.29, 0.717) is 35.8 Å². The van der Waals surface area contributed by atoms with Crippen molar-refractivity contribution in [3.63, 3.8) is 0 Å². The smallest absolute Gasteiger partial charge is 0.406 e. The van der Waals surface area contributed by atoms with Crippen molar-refractivity contribution in [3.05, 3.63) is 102 Å². The first kappa shape index (κ1) is 23.2. The maximum Gasteiger partial charge on any atom is 0.573 e. The lowest BCUT2D eigenvalue weighted by Gasteiger charge is -2.25. The van der Waals surface area contributed by atoms with Crippen LogP contribution >= 0.6 is 0 Å². The van der Waals surface area contributed by atoms with Gasteiger partial charge >= 0.3 is 6.36 Å². The van der Waals surface area contributed by atoms with Crippen LogP contribution in [0.15, 0.2) is 91.3 Å². The second kappa shape index (κ2) is 9.95. The number of aromatic amines is 1. The van der Waals surface area contributed by atoms with E-state index in [1.54, 1.807) is 6.33 Å². The largest absolute Gasteiger partial charge is 0.573 e. The van der Waals surface area contributed by atoms with Gasteiger partial charge in [0.1, 0.15) is 11.3 Å². The lowest BCUT2D eigenvalue weighted by atomic mass is 10.1. The highest BCUT2D eigenvalue weighted by atomic mass is 19.4. The number of benzene rings is 3. The van der Waals surface area contributed by atoms with Gasteiger partial charge in [-0.1, -0.05) is 60.7 Å². The summed E-state index contributed by atoms with van der Waals surface area (Å²) in [5, 5.41) is 3.06. The summed E-state index contributed by atoms with van der Waals surface area (Å²) >= 11 is 0. The Labute approximate surface area is 204 Å². The molecule has 0 aliphatic heterocycles. The molecule has 2 aromatic heterocycles. The topological polar surface area (TPSA) is 79.0 Å². The van der Waals surface area contributed by atoms with Gasteiger partial charge in [-0.25, -0.2) is 4.98 Å². The Morgan fingerprint density at radius 3 is 2.00 bits per heavy atom. The number of aromatic nitrogens is 4. The van der Waals surface area contributed by atoms with Crippen LogP contribution in [0.5, 0.6) is 5.75 Å². The number of imidazole rings is 1. The molecule has 0 spiro atoms. The van der Waals surface area contributed by atoms with Crippen LogP contribution in [0.25, 0.3) is 11.2 Å². The molecule has 2 heterocycles. The third-order valence-electron chi connectivity index (χ3n) is 5.34. The SMILES string of the molecule is FC(F)(F)Oc1ccc(Nc2nc(N(Cc3ccccc3)Cc3ccccc3)c3[nH]cnc3n2)cc1. The Hall–Kier alpha value is -4.60. The summed E-state index contributed by atoms with van der Waals surface area (Å²) in [5.41, 5.74) is 3.86. The molecule has 0 unspecified atom stereocenters. The Bertz CT molecular complexity index is 1380. The minimum absolute atomic E-state index is 0.264. The standard InChI is InChI=1S/C26H21F3N6O/c27-26(28,29)36-21-13-11-20(12-14-21)32-25-33-23-22(30-17-31-23)24(34-25)35(15-18-7-3-1-4-8-18)16-19-9-5-2-6-10-19/h1-14,17H,15-16H2,(H2,30,31,32,33,34). The van der Waals surface area contributed by atoms with Gasteiger partial charge in [0.05, 0.1) is 6.33 Å². The van der Waals surface area contributed by atoms with Crippen molar-refractivity contribution in [1.82, 2.24) is 19.9 Å². The van der Waals surface area contributed by atoms with Crippen LogP contribution in [-0.2, 0) is 13.1 Å². The lowest BCUT2D eigenvalue weighted by molar-refractivity contribution is -0.274. The van der Waals surface area contributed by atoms with Crippen molar-refractivity contribution in [2.45, 2.75) is 19.5 Å². The molecule has 0 fully saturated rings. The molecule has 0 saturated carbocycles. The fraction of sp³-hybridized carbons (Fsp3) is 0.115. The highest BCUT2D eigenvalue weighted by Crippen LogP contribution is 2.28. The van der Waals surface area contributed by atoms with Gasteiger partial charge in [0.15, 0.2) is 11.5 Å². The number of hydrogen-bond donors (Lipinski definition) is 2. The van der Waals surface area contributed by atoms with E-state index in [9.17, 15) is 13.2 Å². The van der Waals surface area contributed by atoms with E-state index in [4.69, 9.17) is 4.98 Å². The van der Waals surface area contributed by atoms with Crippen molar-refractivity contribution in [3.8, 4) is 5.75 Å². The van der Waals surface area contributed by atoms with Crippen LogP contribution in [0.3, 0.4) is 0 Å². The molecule has 3 aromatic carbocycles. The summed E-state index contributed by atoms with van der Waals surface area (Å²) in [4.78, 5) is 18.8. The van der Waals surface area contributed by atoms with Gasteiger partial charge in [0.25, 0.3) is 0 Å². The third kappa shape index (κ3) is 5.72. The van der Waals surface area contributed by atoms with Gasteiger partial charge in [0.2, 0.25) is 5.95 Å². The molecule has 0 radical (unpaired) electrons. The summed E-state index contributed by atoms with van der Waals surface area (Å²) < 4.78 is 41.3. The number of hydrogen-bond acceptors (Lipinski definition) is 6. The first-order valence-electron chi connectivity index (χ1n) is 11.1. The predicted molar refractivity (Wildman–Crippen MR) is 131 cm³/mol. The number of nitrogens with one attached hydrogen (secondary N) is 2. The molecule has 0 aliphatic rings. The third-order valence-corrected chi connectivity index (χ3v) is 5.34. The van der Waals surface area contributed by atoms with Gasteiger partial charge in [-0.05, 0) is 35.4 Å². The van der Waals surface area contributed by atoms with Crippen molar-refractivity contribution in [2.75, 3.05) is 10.2 Å². The molecule has 0 saturated heterocycles. The Balaban J connectivity index is 1.48. The zero-order valence-electron chi connectivity index (χ0n) is 18.9. The lowest BCUT2D eigenvalue weighted by Crippen LogP contribution is -2.24. The van der Waals surface area contributed by atoms with Gasteiger partial charge < -0.3 is 19.9 Å². The summed E-state index contributed by atoms with van der Waals surface area (Å²) in [6.07, 6.45) is -3.20. The molecule has 7 nitrogen and oxygen atoms in total. The van der Waals surface area contributed by atoms with E-state index < -0.39 is 6.36 Å². The normalized spacial score (nSPS) is 11.4. The van der Waals surface area contributed by atoms with E-state index in [0.717, 1.165) is 11.1 Å². The quantitative estimate of drug-likeness (QED) is 0.270. The predicted octanol–water partition coefficient (Wildman–Crippen LogP) is 6.20. The van der Waals surface area contributed by atoms with E-state index >= 15 is 0 Å². The molecule has 2 N–H and O–H groups in total. The first-order valence-corrected chi connectivity index (χ1v) is 11.1. The van der Waals surface area contributed by atoms with Crippen LogP contribution < -0.4 is 15.0 Å². The van der Waals surface area contributed by atoms with Crippen LogP contribution in [-0.4, -0.2) is 26.3 Å². The van der Waals surface area contributed by atoms with E-state index in [1.165, 1.54) is 24.3 Å². The van der Waals surface area contributed by atoms with Crippen LogP contribution in [0.4, 0.5) is 30.6 Å². The van der Waals surface area contributed by atoms with Crippen molar-refractivity contribution in [1.29, 1.82) is 0 Å². The van der Waals surface area contributed by atoms with E-state index in [-0.39, 0.29) is 11.7 Å². The number of halogens is 3. The second-order valence-electron chi connectivity index (χ2n) is 8.00. The molecule has 36 heavy (non-hydrogen) atoms. The highest BCUT2D eigenvalue weighted by Gasteiger charge is 2.31. The molecular formula is C26H21F3N6O. The molecule has 5 rings (SSSR count). The number of alkyl halides is 3. The molecule has 182 valence electrons. The van der Waals surface area contributed by atoms with E-state index in [1.807, 2.05) is 60.7 Å². The fourth-order valence-electron chi connectivity index (χ4n) is 3.78. The Morgan fingerprint density at radius 1 is 0.806 bits per heavy atom. The molecular weight excluding hydrogens is 469 g/mol. The molecule has 0 bridgehead atoms. The number of fused-ring (bicyclic) bond motifs is 1. The average molecular weight is 490 g/mol. The number of H-pyrrole nitrogens is 1. The number of anilines is 3. The number of ether oxygens (including phenoxy) is 1. The maximum atomic E-state index is 12.5. The summed E-state index contributed by atoms with van der Waals surface area (Å²) in [6.45, 7) is 1.17. The van der Waals surface area contributed by atoms with Gasteiger partial charge in [-0.15, -0.1) is 13.2 Å². The fourth-order valence-corrected chi connectivity index (χ4v) is 3.78. The van der Waals surface area contributed by atoms with Crippen LogP contribution in [0, 0.1) is 0 Å². The first-order chi connectivity index (χ1) is 17.4. The van der Waals surface area contributed by atoms with Gasteiger partial charge in [0, 0.05) is 18.8 Å². The zero-order chi connectivity index (χ0) is 25.0. The molecule has 0 amide bonds. The molecule has 5 aromatic rings. The number of rotatable bonds is 8. The van der Waals surface area contributed by atoms with Gasteiger partial charge in [-0.2, -0.15) is 9.97 Å². The minimum atomic E-state index is -4.75. The highest BCUT2D eigenvalue weighted by molar-refractivity contribution is 5.84. The summed E-state index contributed by atoms with van der Waals surface area (Å²) in [6, 6.07) is 25.5. The minimum Gasteiger partial charge on any atom is -0.406 e. The van der Waals surface area contributed by atoms with E-state index in [2.05, 4.69) is 29.9 Å². The molecule has 0 atom stereocenters. The van der Waals surface area contributed by atoms with Crippen molar-refractivity contribution >= 4 is 28.6 Å². The Kier molecular flexibility index (Phi) is 6.40. The van der Waals surface area contributed by atoms with Crippen LogP contribution in [0.2, 0.25) is 0 Å². The molecule has 10 heteroatoms. The number of nitrogens with zero attached hydrogens (tertiary/aromatic N) is 4. The van der Waals surface area contributed by atoms with Crippen LogP contribution in [0.1, 0.15) is 11.1 Å². The second-order valence-corrected chi connectivity index (χ2v) is 8.00. The van der Waals surface area contributed by atoms with Crippen molar-refractivity contribution < 1.29 is 17.9 Å². The monoisotopic (exact) mass is 490 g/mol.